The summed E-state index contributed by atoms with van der Waals surface area (Å²) >= 11 is 5.68. The van der Waals surface area contributed by atoms with Gasteiger partial charge in [0.2, 0.25) is 5.91 Å². The lowest BCUT2D eigenvalue weighted by Crippen LogP contribution is -2.16. The van der Waals surface area contributed by atoms with Gasteiger partial charge in [-0.2, -0.15) is 0 Å². The number of methoxy groups -OCH3 is 1. The Bertz CT molecular complexity index is 647. The quantitative estimate of drug-likeness (QED) is 0.847. The largest absolute Gasteiger partial charge is 0.497 e. The van der Waals surface area contributed by atoms with Gasteiger partial charge >= 0.3 is 0 Å². The van der Waals surface area contributed by atoms with Crippen LogP contribution in [-0.4, -0.2) is 19.6 Å². The first-order chi connectivity index (χ1) is 10.6. The van der Waals surface area contributed by atoms with Gasteiger partial charge < -0.3 is 15.4 Å². The molecule has 1 amide bonds. The van der Waals surface area contributed by atoms with Crippen LogP contribution in [0, 0.1) is 5.82 Å². The molecule has 0 aromatic heterocycles. The van der Waals surface area contributed by atoms with Crippen molar-refractivity contribution in [3.63, 3.8) is 0 Å². The third-order valence-electron chi connectivity index (χ3n) is 2.97. The third kappa shape index (κ3) is 4.63. The van der Waals surface area contributed by atoms with Crippen molar-refractivity contribution in [2.24, 2.45) is 0 Å². The molecule has 2 aromatic carbocycles. The van der Waals surface area contributed by atoms with Gasteiger partial charge in [-0.15, -0.1) is 0 Å². The molecule has 2 aromatic rings. The summed E-state index contributed by atoms with van der Waals surface area (Å²) in [6.07, 6.45) is 0.279. The Morgan fingerprint density at radius 3 is 2.50 bits per heavy atom. The highest BCUT2D eigenvalue weighted by atomic mass is 35.5. The summed E-state index contributed by atoms with van der Waals surface area (Å²) in [5, 5.41) is 5.84. The molecule has 0 unspecified atom stereocenters. The Morgan fingerprint density at radius 1 is 1.18 bits per heavy atom. The Kier molecular flexibility index (Phi) is 5.61. The topological polar surface area (TPSA) is 50.4 Å². The van der Waals surface area contributed by atoms with Gasteiger partial charge in [0.25, 0.3) is 0 Å². The van der Waals surface area contributed by atoms with Crippen molar-refractivity contribution >= 4 is 28.9 Å². The molecule has 0 aliphatic heterocycles. The van der Waals surface area contributed by atoms with Crippen molar-refractivity contribution in [3.8, 4) is 5.75 Å². The highest BCUT2D eigenvalue weighted by Gasteiger charge is 2.04. The molecule has 6 heteroatoms. The van der Waals surface area contributed by atoms with Crippen molar-refractivity contribution in [3.05, 3.63) is 53.3 Å². The van der Waals surface area contributed by atoms with Crippen LogP contribution in [0.25, 0.3) is 0 Å². The van der Waals surface area contributed by atoms with E-state index in [0.29, 0.717) is 17.9 Å². The molecule has 0 spiro atoms. The zero-order valence-corrected chi connectivity index (χ0v) is 12.8. The van der Waals surface area contributed by atoms with E-state index in [4.69, 9.17) is 16.3 Å². The van der Waals surface area contributed by atoms with Crippen LogP contribution in [-0.2, 0) is 4.79 Å². The van der Waals surface area contributed by atoms with Gasteiger partial charge in [0.05, 0.1) is 12.1 Å². The number of nitrogens with one attached hydrogen (secondary N) is 2. The fraction of sp³-hybridized carbons (Fsp3) is 0.188. The Balaban J connectivity index is 1.78. The van der Waals surface area contributed by atoms with Crippen LogP contribution < -0.4 is 15.4 Å². The molecule has 0 fully saturated rings. The summed E-state index contributed by atoms with van der Waals surface area (Å²) in [7, 11) is 1.58. The van der Waals surface area contributed by atoms with Gasteiger partial charge in [-0.1, -0.05) is 11.6 Å². The monoisotopic (exact) mass is 322 g/mol. The average molecular weight is 323 g/mol. The number of ether oxygens (including phenoxy) is 1. The molecule has 0 aliphatic rings. The molecule has 2 N–H and O–H groups in total. The molecule has 4 nitrogen and oxygen atoms in total. The molecular weight excluding hydrogens is 307 g/mol. The lowest BCUT2D eigenvalue weighted by Gasteiger charge is -2.08. The third-order valence-corrected chi connectivity index (χ3v) is 3.26. The lowest BCUT2D eigenvalue weighted by molar-refractivity contribution is -0.115. The number of carbonyl (C=O) groups excluding carboxylic acids is 1. The molecule has 116 valence electrons. The van der Waals surface area contributed by atoms with Gasteiger partial charge in [0.1, 0.15) is 11.6 Å². The van der Waals surface area contributed by atoms with E-state index in [0.717, 1.165) is 5.75 Å². The Hall–Kier alpha value is -2.27. The summed E-state index contributed by atoms with van der Waals surface area (Å²) in [6, 6.07) is 11.4. The van der Waals surface area contributed by atoms with Crippen LogP contribution in [0.15, 0.2) is 42.5 Å². The van der Waals surface area contributed by atoms with E-state index in [2.05, 4.69) is 10.6 Å². The molecular formula is C16H16ClFN2O2. The summed E-state index contributed by atoms with van der Waals surface area (Å²) in [5.74, 6) is 0.142. The van der Waals surface area contributed by atoms with E-state index in [1.165, 1.54) is 12.1 Å². The lowest BCUT2D eigenvalue weighted by atomic mass is 10.2. The highest BCUT2D eigenvalue weighted by molar-refractivity contribution is 6.31. The molecule has 22 heavy (non-hydrogen) atoms. The molecule has 0 bridgehead atoms. The van der Waals surface area contributed by atoms with E-state index in [-0.39, 0.29) is 17.4 Å². The first kappa shape index (κ1) is 16.1. The first-order valence-electron chi connectivity index (χ1n) is 6.71. The van der Waals surface area contributed by atoms with Gasteiger partial charge in [0, 0.05) is 24.3 Å². The maximum atomic E-state index is 13.0. The van der Waals surface area contributed by atoms with Crippen molar-refractivity contribution < 1.29 is 13.9 Å². The fourth-order valence-electron chi connectivity index (χ4n) is 1.82. The maximum Gasteiger partial charge on any atom is 0.226 e. The summed E-state index contributed by atoms with van der Waals surface area (Å²) in [5.41, 5.74) is 1.37. The Morgan fingerprint density at radius 2 is 1.86 bits per heavy atom. The molecule has 0 saturated heterocycles. The SMILES string of the molecule is COc1ccc(NC(=O)CCNc2ccc(F)c(Cl)c2)cc1. The van der Waals surface area contributed by atoms with Crippen molar-refractivity contribution in [2.45, 2.75) is 6.42 Å². The molecule has 0 heterocycles. The number of benzene rings is 2. The minimum atomic E-state index is -0.468. The highest BCUT2D eigenvalue weighted by Crippen LogP contribution is 2.19. The predicted octanol–water partition coefficient (Wildman–Crippen LogP) is 3.93. The van der Waals surface area contributed by atoms with Gasteiger partial charge in [0.15, 0.2) is 0 Å². The van der Waals surface area contributed by atoms with Crippen molar-refractivity contribution in [1.29, 1.82) is 0 Å². The number of hydrogen-bond acceptors (Lipinski definition) is 3. The molecule has 0 radical (unpaired) electrons. The van der Waals surface area contributed by atoms with Crippen LogP contribution >= 0.6 is 11.6 Å². The average Bonchev–Trinajstić information content (AvgIpc) is 2.51. The number of rotatable bonds is 6. The number of hydrogen-bond donors (Lipinski definition) is 2. The number of amides is 1. The van der Waals surface area contributed by atoms with Gasteiger partial charge in [-0.3, -0.25) is 4.79 Å². The van der Waals surface area contributed by atoms with Gasteiger partial charge in [-0.25, -0.2) is 4.39 Å². The van der Waals surface area contributed by atoms with E-state index >= 15 is 0 Å². The van der Waals surface area contributed by atoms with Crippen LogP contribution in [0.4, 0.5) is 15.8 Å². The zero-order valence-electron chi connectivity index (χ0n) is 12.0. The fourth-order valence-corrected chi connectivity index (χ4v) is 2.00. The van der Waals surface area contributed by atoms with E-state index in [1.807, 2.05) is 0 Å². The normalized spacial score (nSPS) is 10.1. The first-order valence-corrected chi connectivity index (χ1v) is 7.09. The molecule has 2 rings (SSSR count). The Labute approximate surface area is 133 Å². The van der Waals surface area contributed by atoms with Crippen LogP contribution in [0.1, 0.15) is 6.42 Å². The second-order valence-corrected chi connectivity index (χ2v) is 4.99. The van der Waals surface area contributed by atoms with Crippen LogP contribution in [0.2, 0.25) is 5.02 Å². The number of halogens is 2. The van der Waals surface area contributed by atoms with Crippen molar-refractivity contribution in [2.75, 3.05) is 24.3 Å². The van der Waals surface area contributed by atoms with Crippen LogP contribution in [0.5, 0.6) is 5.75 Å². The smallest absolute Gasteiger partial charge is 0.226 e. The van der Waals surface area contributed by atoms with Crippen LogP contribution in [0.3, 0.4) is 0 Å². The second-order valence-electron chi connectivity index (χ2n) is 4.58. The molecule has 0 saturated carbocycles. The van der Waals surface area contributed by atoms with E-state index in [9.17, 15) is 9.18 Å². The number of carbonyl (C=O) groups is 1. The summed E-state index contributed by atoms with van der Waals surface area (Å²) in [4.78, 5) is 11.8. The standard InChI is InChI=1S/C16H16ClFN2O2/c1-22-13-5-2-11(3-6-13)20-16(21)8-9-19-12-4-7-15(18)14(17)10-12/h2-7,10,19H,8-9H2,1H3,(H,20,21). The minimum absolute atomic E-state index is 0.0488. The second kappa shape index (κ2) is 7.66. The minimum Gasteiger partial charge on any atom is -0.497 e. The predicted molar refractivity (Wildman–Crippen MR) is 86.1 cm³/mol. The zero-order chi connectivity index (χ0) is 15.9. The number of anilines is 2. The summed E-state index contributed by atoms with van der Waals surface area (Å²) in [6.45, 7) is 0.421. The van der Waals surface area contributed by atoms with Gasteiger partial charge in [-0.05, 0) is 42.5 Å². The van der Waals surface area contributed by atoms with E-state index in [1.54, 1.807) is 37.4 Å². The molecule has 0 aliphatic carbocycles. The summed E-state index contributed by atoms with van der Waals surface area (Å²) < 4.78 is 18.1. The maximum absolute atomic E-state index is 13.0. The van der Waals surface area contributed by atoms with E-state index < -0.39 is 5.82 Å². The molecule has 0 atom stereocenters. The van der Waals surface area contributed by atoms with Crippen molar-refractivity contribution in [1.82, 2.24) is 0 Å².